The maximum atomic E-state index is 12.3. The fraction of sp³-hybridized carbons (Fsp3) is 0.579. The highest BCUT2D eigenvalue weighted by Gasteiger charge is 2.26. The molecule has 1 aliphatic heterocycles. The zero-order valence-electron chi connectivity index (χ0n) is 15.5. The first-order valence-electron chi connectivity index (χ1n) is 9.35. The van der Waals surface area contributed by atoms with Gasteiger partial charge in [-0.2, -0.15) is 0 Å². The molecule has 0 spiro atoms. The third kappa shape index (κ3) is 7.15. The summed E-state index contributed by atoms with van der Waals surface area (Å²) in [4.78, 5) is 26.5. The van der Waals surface area contributed by atoms with Gasteiger partial charge in [0.1, 0.15) is 0 Å². The molecule has 27 heavy (non-hydrogen) atoms. The van der Waals surface area contributed by atoms with Crippen molar-refractivity contribution >= 4 is 52.3 Å². The zero-order chi connectivity index (χ0) is 19.8. The van der Waals surface area contributed by atoms with Crippen molar-refractivity contribution in [3.63, 3.8) is 0 Å². The summed E-state index contributed by atoms with van der Waals surface area (Å²) in [5.74, 6) is -0.0235. The van der Waals surface area contributed by atoms with Crippen LogP contribution in [-0.4, -0.2) is 42.9 Å². The van der Waals surface area contributed by atoms with Gasteiger partial charge in [0.05, 0.1) is 22.3 Å². The Bertz CT molecular complexity index is 639. The summed E-state index contributed by atoms with van der Waals surface area (Å²) in [6, 6.07) is 3.07. The molecule has 2 N–H and O–H groups in total. The van der Waals surface area contributed by atoms with E-state index in [-0.39, 0.29) is 24.3 Å². The predicted octanol–water partition coefficient (Wildman–Crippen LogP) is 4.60. The molecule has 2 rings (SSSR count). The number of nitrogens with one attached hydrogen (secondary N) is 2. The average Bonchev–Trinajstić information content (AvgIpc) is 2.62. The Kier molecular flexibility index (Phi) is 9.16. The highest BCUT2D eigenvalue weighted by Crippen LogP contribution is 2.33. The van der Waals surface area contributed by atoms with Crippen molar-refractivity contribution in [1.29, 1.82) is 0 Å². The Morgan fingerprint density at radius 2 is 1.74 bits per heavy atom. The largest absolute Gasteiger partial charge is 0.356 e. The molecule has 150 valence electrons. The number of amides is 2. The van der Waals surface area contributed by atoms with Crippen molar-refractivity contribution in [2.24, 2.45) is 5.92 Å². The SMILES string of the molecule is CCCCCNC(=O)C1CCN(CC(=O)Nc2c(Cl)cc(Cl)cc2Cl)CC1. The molecule has 5 nitrogen and oxygen atoms in total. The van der Waals surface area contributed by atoms with Gasteiger partial charge in [0, 0.05) is 17.5 Å². The van der Waals surface area contributed by atoms with E-state index in [2.05, 4.69) is 17.6 Å². The maximum absolute atomic E-state index is 12.3. The van der Waals surface area contributed by atoms with Gasteiger partial charge in [0.25, 0.3) is 0 Å². The lowest BCUT2D eigenvalue weighted by molar-refractivity contribution is -0.126. The van der Waals surface area contributed by atoms with Gasteiger partial charge in [-0.1, -0.05) is 54.6 Å². The van der Waals surface area contributed by atoms with Gasteiger partial charge in [0.2, 0.25) is 11.8 Å². The highest BCUT2D eigenvalue weighted by molar-refractivity contribution is 6.42. The Labute approximate surface area is 175 Å². The molecule has 0 unspecified atom stereocenters. The van der Waals surface area contributed by atoms with Gasteiger partial charge in [-0.05, 0) is 44.5 Å². The Morgan fingerprint density at radius 3 is 2.33 bits per heavy atom. The molecule has 2 amide bonds. The lowest BCUT2D eigenvalue weighted by Crippen LogP contribution is -2.43. The van der Waals surface area contributed by atoms with E-state index >= 15 is 0 Å². The molecule has 1 saturated heterocycles. The first-order valence-corrected chi connectivity index (χ1v) is 10.5. The van der Waals surface area contributed by atoms with Gasteiger partial charge in [0.15, 0.2) is 0 Å². The third-order valence-corrected chi connectivity index (χ3v) is 5.49. The number of piperidine rings is 1. The average molecular weight is 435 g/mol. The van der Waals surface area contributed by atoms with Crippen LogP contribution in [0.5, 0.6) is 0 Å². The first-order chi connectivity index (χ1) is 12.9. The number of hydrogen-bond donors (Lipinski definition) is 2. The molecule has 8 heteroatoms. The molecule has 1 heterocycles. The van der Waals surface area contributed by atoms with Crippen LogP contribution in [0, 0.1) is 5.92 Å². The highest BCUT2D eigenvalue weighted by atomic mass is 35.5. The van der Waals surface area contributed by atoms with E-state index in [1.165, 1.54) is 12.1 Å². The quantitative estimate of drug-likeness (QED) is 0.588. The van der Waals surface area contributed by atoms with Crippen LogP contribution in [-0.2, 0) is 9.59 Å². The van der Waals surface area contributed by atoms with E-state index in [1.807, 2.05) is 4.90 Å². The van der Waals surface area contributed by atoms with E-state index in [9.17, 15) is 9.59 Å². The van der Waals surface area contributed by atoms with Crippen LogP contribution in [0.25, 0.3) is 0 Å². The first kappa shape index (κ1) is 22.3. The number of rotatable bonds is 8. The van der Waals surface area contributed by atoms with Gasteiger partial charge < -0.3 is 10.6 Å². The molecule has 1 aliphatic rings. The van der Waals surface area contributed by atoms with Crippen molar-refractivity contribution < 1.29 is 9.59 Å². The van der Waals surface area contributed by atoms with Crippen LogP contribution in [0.2, 0.25) is 15.1 Å². The fourth-order valence-electron chi connectivity index (χ4n) is 3.13. The van der Waals surface area contributed by atoms with Gasteiger partial charge >= 0.3 is 0 Å². The summed E-state index contributed by atoms with van der Waals surface area (Å²) in [5.41, 5.74) is 0.370. The minimum absolute atomic E-state index is 0.0334. The number of carbonyl (C=O) groups is 2. The van der Waals surface area contributed by atoms with E-state index < -0.39 is 0 Å². The minimum Gasteiger partial charge on any atom is -0.356 e. The normalized spacial score (nSPS) is 15.6. The molecule has 0 aromatic heterocycles. The van der Waals surface area contributed by atoms with Crippen LogP contribution >= 0.6 is 34.8 Å². The number of anilines is 1. The summed E-state index contributed by atoms with van der Waals surface area (Å²) in [7, 11) is 0. The van der Waals surface area contributed by atoms with E-state index in [1.54, 1.807) is 0 Å². The maximum Gasteiger partial charge on any atom is 0.238 e. The molecule has 1 fully saturated rings. The molecule has 1 aromatic carbocycles. The van der Waals surface area contributed by atoms with E-state index in [0.717, 1.165) is 38.6 Å². The van der Waals surface area contributed by atoms with Crippen LogP contribution < -0.4 is 10.6 Å². The topological polar surface area (TPSA) is 61.4 Å². The number of unbranched alkanes of at least 4 members (excludes halogenated alkanes) is 2. The van der Waals surface area contributed by atoms with Crippen molar-refractivity contribution in [3.05, 3.63) is 27.2 Å². The molecular formula is C19H26Cl3N3O2. The molecule has 0 atom stereocenters. The molecule has 0 saturated carbocycles. The second kappa shape index (κ2) is 11.1. The Hall–Kier alpha value is -1.01. The minimum atomic E-state index is -0.191. The van der Waals surface area contributed by atoms with Gasteiger partial charge in [-0.15, -0.1) is 0 Å². The molecule has 0 bridgehead atoms. The number of benzene rings is 1. The second-order valence-electron chi connectivity index (χ2n) is 6.84. The summed E-state index contributed by atoms with van der Waals surface area (Å²) >= 11 is 18.1. The summed E-state index contributed by atoms with van der Waals surface area (Å²) in [6.07, 6.45) is 4.82. The van der Waals surface area contributed by atoms with Crippen molar-refractivity contribution in [2.75, 3.05) is 31.5 Å². The molecular weight excluding hydrogens is 409 g/mol. The Balaban J connectivity index is 1.75. The summed E-state index contributed by atoms with van der Waals surface area (Å²) in [5, 5.41) is 6.78. The van der Waals surface area contributed by atoms with Crippen LogP contribution in [0.3, 0.4) is 0 Å². The lowest BCUT2D eigenvalue weighted by Gasteiger charge is -2.30. The number of hydrogen-bond acceptors (Lipinski definition) is 3. The summed E-state index contributed by atoms with van der Waals surface area (Å²) < 4.78 is 0. The standard InChI is InChI=1S/C19H26Cl3N3O2/c1-2-3-4-7-23-19(27)13-5-8-25(9-6-13)12-17(26)24-18-15(21)10-14(20)11-16(18)22/h10-11,13H,2-9,12H2,1H3,(H,23,27)(H,24,26). The number of nitrogens with zero attached hydrogens (tertiary/aromatic N) is 1. The van der Waals surface area contributed by atoms with Crippen LogP contribution in [0.1, 0.15) is 39.0 Å². The van der Waals surface area contributed by atoms with Crippen LogP contribution in [0.4, 0.5) is 5.69 Å². The zero-order valence-corrected chi connectivity index (χ0v) is 17.8. The monoisotopic (exact) mass is 433 g/mol. The second-order valence-corrected chi connectivity index (χ2v) is 8.09. The van der Waals surface area contributed by atoms with E-state index in [4.69, 9.17) is 34.8 Å². The number of halogens is 3. The van der Waals surface area contributed by atoms with Gasteiger partial charge in [-0.3, -0.25) is 14.5 Å². The smallest absolute Gasteiger partial charge is 0.238 e. The molecule has 0 aliphatic carbocycles. The van der Waals surface area contributed by atoms with Crippen molar-refractivity contribution in [1.82, 2.24) is 10.2 Å². The van der Waals surface area contributed by atoms with Gasteiger partial charge in [-0.25, -0.2) is 0 Å². The number of carbonyl (C=O) groups excluding carboxylic acids is 2. The fourth-order valence-corrected chi connectivity index (χ4v) is 4.04. The Morgan fingerprint density at radius 1 is 1.11 bits per heavy atom. The summed E-state index contributed by atoms with van der Waals surface area (Å²) in [6.45, 7) is 4.55. The third-order valence-electron chi connectivity index (χ3n) is 4.68. The number of likely N-dealkylation sites (tertiary alicyclic amines) is 1. The lowest BCUT2D eigenvalue weighted by atomic mass is 9.96. The molecule has 0 radical (unpaired) electrons. The van der Waals surface area contributed by atoms with E-state index in [0.29, 0.717) is 33.8 Å². The van der Waals surface area contributed by atoms with Crippen LogP contribution in [0.15, 0.2) is 12.1 Å². The van der Waals surface area contributed by atoms with Crippen molar-refractivity contribution in [3.8, 4) is 0 Å². The predicted molar refractivity (Wildman–Crippen MR) is 112 cm³/mol. The molecule has 1 aromatic rings. The van der Waals surface area contributed by atoms with Crippen molar-refractivity contribution in [2.45, 2.75) is 39.0 Å².